The summed E-state index contributed by atoms with van der Waals surface area (Å²) in [7, 11) is 3.99. The van der Waals surface area contributed by atoms with Gasteiger partial charge in [-0.05, 0) is 68.9 Å². The maximum absolute atomic E-state index is 13.0. The molecule has 2 aromatic carbocycles. The third-order valence-electron chi connectivity index (χ3n) is 4.57. The highest BCUT2D eigenvalue weighted by Crippen LogP contribution is 2.31. The fourth-order valence-corrected chi connectivity index (χ4v) is 4.02. The van der Waals surface area contributed by atoms with Crippen LogP contribution in [0.4, 0.5) is 5.13 Å². The van der Waals surface area contributed by atoms with Crippen LogP contribution >= 0.6 is 22.9 Å². The van der Waals surface area contributed by atoms with E-state index in [1.807, 2.05) is 38.4 Å². The number of thiazole rings is 1. The highest BCUT2D eigenvalue weighted by Gasteiger charge is 2.18. The van der Waals surface area contributed by atoms with Gasteiger partial charge in [0.1, 0.15) is 0 Å². The molecule has 4 nitrogen and oxygen atoms in total. The van der Waals surface area contributed by atoms with Crippen molar-refractivity contribution in [2.45, 2.75) is 13.8 Å². The van der Waals surface area contributed by atoms with E-state index < -0.39 is 0 Å². The molecule has 1 aromatic heterocycles. The molecule has 0 fully saturated rings. The van der Waals surface area contributed by atoms with E-state index in [2.05, 4.69) is 30.9 Å². The Balaban J connectivity index is 1.92. The van der Waals surface area contributed by atoms with Gasteiger partial charge in [0.25, 0.3) is 5.91 Å². The Morgan fingerprint density at radius 1 is 1.14 bits per heavy atom. The summed E-state index contributed by atoms with van der Waals surface area (Å²) in [6, 6.07) is 11.7. The topological polar surface area (TPSA) is 36.4 Å². The van der Waals surface area contributed by atoms with Crippen LogP contribution in [0.25, 0.3) is 16.3 Å². The summed E-state index contributed by atoms with van der Waals surface area (Å²) >= 11 is 7.75. The van der Waals surface area contributed by atoms with Gasteiger partial charge in [0.05, 0.1) is 10.2 Å². The molecular weight excluding hydrogens is 390 g/mol. The van der Waals surface area contributed by atoms with Gasteiger partial charge in [-0.2, -0.15) is 0 Å². The molecule has 0 bridgehead atoms. The Morgan fingerprint density at radius 3 is 2.57 bits per heavy atom. The second kappa shape index (κ2) is 8.86. The van der Waals surface area contributed by atoms with Gasteiger partial charge in [0, 0.05) is 24.2 Å². The lowest BCUT2D eigenvalue weighted by molar-refractivity contribution is -0.114. The Morgan fingerprint density at radius 2 is 1.86 bits per heavy atom. The summed E-state index contributed by atoms with van der Waals surface area (Å²) in [6.45, 7) is 5.49. The predicted molar refractivity (Wildman–Crippen MR) is 120 cm³/mol. The van der Waals surface area contributed by atoms with Gasteiger partial charge in [-0.15, -0.1) is 0 Å². The van der Waals surface area contributed by atoms with Crippen molar-refractivity contribution in [1.82, 2.24) is 9.88 Å². The SMILES string of the molecule is Cc1cc2nc(N(CCN(C)C)C(=O)/C=C/c3ccccc3Cl)sc2cc1C. The molecule has 0 atom stereocenters. The van der Waals surface area contributed by atoms with E-state index in [1.165, 1.54) is 11.1 Å². The number of amides is 1. The minimum Gasteiger partial charge on any atom is -0.308 e. The van der Waals surface area contributed by atoms with Gasteiger partial charge in [0.15, 0.2) is 5.13 Å². The average Bonchev–Trinajstić information content (AvgIpc) is 3.03. The zero-order chi connectivity index (χ0) is 20.3. The number of benzene rings is 2. The van der Waals surface area contributed by atoms with Crippen molar-refractivity contribution >= 4 is 50.3 Å². The molecule has 146 valence electrons. The first-order valence-corrected chi connectivity index (χ1v) is 10.3. The zero-order valence-corrected chi connectivity index (χ0v) is 18.1. The molecule has 1 heterocycles. The first-order valence-electron chi connectivity index (χ1n) is 9.12. The smallest absolute Gasteiger partial charge is 0.252 e. The monoisotopic (exact) mass is 413 g/mol. The molecule has 0 aliphatic rings. The maximum Gasteiger partial charge on any atom is 0.252 e. The summed E-state index contributed by atoms with van der Waals surface area (Å²) in [4.78, 5) is 21.5. The third-order valence-corrected chi connectivity index (χ3v) is 5.96. The van der Waals surface area contributed by atoms with Crippen LogP contribution in [0.5, 0.6) is 0 Å². The lowest BCUT2D eigenvalue weighted by atomic mass is 10.1. The van der Waals surface area contributed by atoms with E-state index in [0.717, 1.165) is 27.5 Å². The summed E-state index contributed by atoms with van der Waals surface area (Å²) in [5.74, 6) is -0.103. The first-order chi connectivity index (χ1) is 13.3. The van der Waals surface area contributed by atoms with Crippen molar-refractivity contribution in [2.75, 3.05) is 32.1 Å². The largest absolute Gasteiger partial charge is 0.308 e. The lowest BCUT2D eigenvalue weighted by Gasteiger charge is -2.20. The fraction of sp³-hybridized carbons (Fsp3) is 0.273. The van der Waals surface area contributed by atoms with Gasteiger partial charge in [-0.25, -0.2) is 4.98 Å². The van der Waals surface area contributed by atoms with E-state index in [4.69, 9.17) is 16.6 Å². The van der Waals surface area contributed by atoms with Crippen molar-refractivity contribution in [3.63, 3.8) is 0 Å². The van der Waals surface area contributed by atoms with Crippen molar-refractivity contribution in [3.8, 4) is 0 Å². The summed E-state index contributed by atoms with van der Waals surface area (Å²) in [6.07, 6.45) is 3.33. The molecule has 0 N–H and O–H groups in total. The van der Waals surface area contributed by atoms with Gasteiger partial charge in [-0.1, -0.05) is 41.1 Å². The van der Waals surface area contributed by atoms with E-state index in [0.29, 0.717) is 11.6 Å². The number of aryl methyl sites for hydroxylation is 2. The number of hydrogen-bond acceptors (Lipinski definition) is 4. The molecular formula is C22H24ClN3OS. The lowest BCUT2D eigenvalue weighted by Crippen LogP contribution is -2.35. The van der Waals surface area contributed by atoms with E-state index in [1.54, 1.807) is 28.4 Å². The van der Waals surface area contributed by atoms with Crippen LogP contribution in [-0.2, 0) is 4.79 Å². The molecule has 1 amide bonds. The number of anilines is 1. The number of fused-ring (bicyclic) bond motifs is 1. The van der Waals surface area contributed by atoms with Gasteiger partial charge in [0.2, 0.25) is 0 Å². The Labute approximate surface area is 175 Å². The molecule has 3 aromatic rings. The second-order valence-electron chi connectivity index (χ2n) is 7.05. The van der Waals surface area contributed by atoms with Crippen molar-refractivity contribution < 1.29 is 4.79 Å². The van der Waals surface area contributed by atoms with Crippen LogP contribution in [0.3, 0.4) is 0 Å². The Bertz CT molecular complexity index is 987. The number of aromatic nitrogens is 1. The van der Waals surface area contributed by atoms with Crippen LogP contribution in [0.2, 0.25) is 5.02 Å². The number of nitrogens with zero attached hydrogens (tertiary/aromatic N) is 3. The van der Waals surface area contributed by atoms with Crippen LogP contribution in [-0.4, -0.2) is 43.0 Å². The minimum atomic E-state index is -0.103. The number of carbonyl (C=O) groups is 1. The van der Waals surface area contributed by atoms with E-state index >= 15 is 0 Å². The fourth-order valence-electron chi connectivity index (χ4n) is 2.74. The Kier molecular flexibility index (Phi) is 6.50. The van der Waals surface area contributed by atoms with Crippen molar-refractivity contribution in [1.29, 1.82) is 0 Å². The number of carbonyl (C=O) groups excluding carboxylic acids is 1. The molecule has 0 aliphatic carbocycles. The standard InChI is InChI=1S/C22H24ClN3OS/c1-15-13-19-20(14-16(15)2)28-22(24-19)26(12-11-25(3)4)21(27)10-9-17-7-5-6-8-18(17)23/h5-10,13-14H,11-12H2,1-4H3/b10-9+. The number of hydrogen-bond donors (Lipinski definition) is 0. The highest BCUT2D eigenvalue weighted by atomic mass is 35.5. The zero-order valence-electron chi connectivity index (χ0n) is 16.6. The van der Waals surface area contributed by atoms with Crippen molar-refractivity contribution in [3.05, 3.63) is 64.2 Å². The molecule has 0 unspecified atom stereocenters. The molecule has 0 aliphatic heterocycles. The molecule has 0 radical (unpaired) electrons. The van der Waals surface area contributed by atoms with Gasteiger partial charge >= 0.3 is 0 Å². The molecule has 0 saturated heterocycles. The Hall–Kier alpha value is -2.21. The van der Waals surface area contributed by atoms with E-state index in [-0.39, 0.29) is 5.91 Å². The van der Waals surface area contributed by atoms with Gasteiger partial charge in [-0.3, -0.25) is 9.69 Å². The third kappa shape index (κ3) is 4.79. The minimum absolute atomic E-state index is 0.103. The number of rotatable bonds is 6. The summed E-state index contributed by atoms with van der Waals surface area (Å²) < 4.78 is 1.09. The quantitative estimate of drug-likeness (QED) is 0.523. The average molecular weight is 414 g/mol. The number of likely N-dealkylation sites (N-methyl/N-ethyl adjacent to an activating group) is 1. The normalized spacial score (nSPS) is 11.6. The highest BCUT2D eigenvalue weighted by molar-refractivity contribution is 7.22. The van der Waals surface area contributed by atoms with Crippen molar-refractivity contribution in [2.24, 2.45) is 0 Å². The van der Waals surface area contributed by atoms with E-state index in [9.17, 15) is 4.79 Å². The maximum atomic E-state index is 13.0. The summed E-state index contributed by atoms with van der Waals surface area (Å²) in [5.41, 5.74) is 4.18. The van der Waals surface area contributed by atoms with Crippen LogP contribution in [0.1, 0.15) is 16.7 Å². The predicted octanol–water partition coefficient (Wildman–Crippen LogP) is 5.17. The van der Waals surface area contributed by atoms with Crippen LogP contribution in [0, 0.1) is 13.8 Å². The van der Waals surface area contributed by atoms with Gasteiger partial charge < -0.3 is 4.90 Å². The van der Waals surface area contributed by atoms with Crippen LogP contribution < -0.4 is 4.90 Å². The second-order valence-corrected chi connectivity index (χ2v) is 8.46. The summed E-state index contributed by atoms with van der Waals surface area (Å²) in [5, 5.41) is 1.34. The molecule has 6 heteroatoms. The van der Waals surface area contributed by atoms with Crippen LogP contribution in [0.15, 0.2) is 42.5 Å². The molecule has 0 saturated carbocycles. The molecule has 0 spiro atoms. The number of halogens is 1. The first kappa shape index (κ1) is 20.5. The molecule has 28 heavy (non-hydrogen) atoms. The molecule has 3 rings (SSSR count).